The molecule has 0 aliphatic carbocycles. The summed E-state index contributed by atoms with van der Waals surface area (Å²) in [5.74, 6) is 0. The van der Waals surface area contributed by atoms with Crippen LogP contribution in [0.1, 0.15) is 33.6 Å². The zero-order valence-corrected chi connectivity index (χ0v) is 7.12. The zero-order chi connectivity index (χ0) is 7.07. The van der Waals surface area contributed by atoms with E-state index in [1.807, 2.05) is 0 Å². The topological polar surface area (TPSA) is 23.1 Å². The number of hydrogen-bond donors (Lipinski definition) is 0. The van der Waals surface area contributed by atoms with Gasteiger partial charge in [0.2, 0.25) is 0 Å². The van der Waals surface area contributed by atoms with Gasteiger partial charge in [-0.2, -0.15) is 0 Å². The Morgan fingerprint density at radius 2 is 2.11 bits per heavy atom. The van der Waals surface area contributed by atoms with E-state index >= 15 is 0 Å². The summed E-state index contributed by atoms with van der Waals surface area (Å²) in [4.78, 5) is 0. The summed E-state index contributed by atoms with van der Waals surface area (Å²) in [5, 5.41) is 0.431. The molecule has 1 heterocycles. The molecule has 0 saturated carbocycles. The summed E-state index contributed by atoms with van der Waals surface area (Å²) >= 11 is -0.578. The van der Waals surface area contributed by atoms with Gasteiger partial charge in [-0.1, -0.05) is 0 Å². The zero-order valence-electron chi connectivity index (χ0n) is 6.31. The lowest BCUT2D eigenvalue weighted by atomic mass is 10.1. The maximum atomic E-state index is 11.3. The first-order valence-electron chi connectivity index (χ1n) is 3.45. The minimum atomic E-state index is -0.578. The van der Waals surface area contributed by atoms with Crippen LogP contribution in [0, 0.1) is 0 Å². The molecule has 1 saturated heterocycles. The summed E-state index contributed by atoms with van der Waals surface area (Å²) in [6.07, 6.45) is 2.26. The molecule has 2 unspecified atom stereocenters. The van der Waals surface area contributed by atoms with Gasteiger partial charge < -0.3 is 4.55 Å². The van der Waals surface area contributed by atoms with Crippen molar-refractivity contribution in [2.24, 2.45) is 0 Å². The van der Waals surface area contributed by atoms with E-state index in [0.29, 0.717) is 5.25 Å². The highest BCUT2D eigenvalue weighted by atomic mass is 32.2. The predicted octanol–water partition coefficient (Wildman–Crippen LogP) is 1.70. The van der Waals surface area contributed by atoms with E-state index in [9.17, 15) is 4.55 Å². The Balaban J connectivity index is 2.62. The first-order chi connectivity index (χ1) is 4.04. The maximum Gasteiger partial charge on any atom is 0.120 e. The van der Waals surface area contributed by atoms with Gasteiger partial charge in [-0.25, -0.2) is 0 Å². The summed E-state index contributed by atoms with van der Waals surface area (Å²) in [6.45, 7) is 6.25. The van der Waals surface area contributed by atoms with Crippen molar-refractivity contribution in [2.75, 3.05) is 0 Å². The summed E-state index contributed by atoms with van der Waals surface area (Å²) < 4.78 is 11.4. The third-order valence-corrected chi connectivity index (χ3v) is 4.32. The van der Waals surface area contributed by atoms with Crippen LogP contribution in [0.25, 0.3) is 0 Å². The fourth-order valence-electron chi connectivity index (χ4n) is 1.30. The average Bonchev–Trinajstić information content (AvgIpc) is 1.97. The molecule has 0 aromatic carbocycles. The van der Waals surface area contributed by atoms with Crippen molar-refractivity contribution in [1.82, 2.24) is 0 Å². The summed E-state index contributed by atoms with van der Waals surface area (Å²) in [5.41, 5.74) is 0. The van der Waals surface area contributed by atoms with E-state index in [0.717, 1.165) is 12.8 Å². The SMILES string of the molecule is CC1CCC(C)(C)[S+]1[O-]. The van der Waals surface area contributed by atoms with Crippen molar-refractivity contribution in [3.8, 4) is 0 Å². The van der Waals surface area contributed by atoms with Crippen molar-refractivity contribution < 1.29 is 4.55 Å². The third kappa shape index (κ3) is 1.24. The van der Waals surface area contributed by atoms with Gasteiger partial charge in [-0.05, 0) is 38.4 Å². The highest BCUT2D eigenvalue weighted by molar-refractivity contribution is 7.93. The molecule has 0 amide bonds. The van der Waals surface area contributed by atoms with E-state index in [4.69, 9.17) is 0 Å². The fraction of sp³-hybridized carbons (Fsp3) is 1.00. The van der Waals surface area contributed by atoms with Crippen molar-refractivity contribution >= 4 is 11.2 Å². The molecule has 1 rings (SSSR count). The number of hydrogen-bond acceptors (Lipinski definition) is 1. The van der Waals surface area contributed by atoms with Crippen molar-refractivity contribution in [1.29, 1.82) is 0 Å². The molecule has 1 nitrogen and oxygen atoms in total. The Hall–Kier alpha value is 0.310. The molecule has 0 aromatic rings. The number of rotatable bonds is 0. The molecule has 0 radical (unpaired) electrons. The fourth-order valence-corrected chi connectivity index (χ4v) is 3.04. The Labute approximate surface area is 60.0 Å². The third-order valence-electron chi connectivity index (χ3n) is 2.06. The molecule has 0 N–H and O–H groups in total. The Morgan fingerprint density at radius 3 is 2.22 bits per heavy atom. The largest absolute Gasteiger partial charge is 0.616 e. The Kier molecular flexibility index (Phi) is 1.79. The van der Waals surface area contributed by atoms with Gasteiger partial charge >= 0.3 is 0 Å². The van der Waals surface area contributed by atoms with Crippen LogP contribution in [0.5, 0.6) is 0 Å². The molecule has 1 fully saturated rings. The van der Waals surface area contributed by atoms with E-state index in [-0.39, 0.29) is 4.75 Å². The van der Waals surface area contributed by atoms with Gasteiger partial charge in [0.25, 0.3) is 0 Å². The molecule has 2 atom stereocenters. The molecule has 54 valence electrons. The standard InChI is InChI=1S/C7H14OS/c1-6-4-5-7(2,3)9(6)8/h6H,4-5H2,1-3H3. The van der Waals surface area contributed by atoms with Crippen molar-refractivity contribution in [3.63, 3.8) is 0 Å². The van der Waals surface area contributed by atoms with Gasteiger partial charge in [-0.3, -0.25) is 0 Å². The quantitative estimate of drug-likeness (QED) is 0.477. The Bertz CT molecular complexity index is 111. The molecular weight excluding hydrogens is 132 g/mol. The second-order valence-corrected chi connectivity index (χ2v) is 5.91. The van der Waals surface area contributed by atoms with Crippen LogP contribution in [0.3, 0.4) is 0 Å². The molecule has 0 bridgehead atoms. The molecule has 2 heteroatoms. The normalized spacial score (nSPS) is 41.3. The molecule has 0 aromatic heterocycles. The van der Waals surface area contributed by atoms with Gasteiger partial charge in [0, 0.05) is 6.42 Å². The lowest BCUT2D eigenvalue weighted by Gasteiger charge is -2.22. The second kappa shape index (κ2) is 2.17. The second-order valence-electron chi connectivity index (χ2n) is 3.41. The highest BCUT2D eigenvalue weighted by Gasteiger charge is 2.42. The van der Waals surface area contributed by atoms with Gasteiger partial charge in [0.15, 0.2) is 0 Å². The molecular formula is C7H14OS. The first-order valence-corrected chi connectivity index (χ1v) is 4.66. The predicted molar refractivity (Wildman–Crippen MR) is 40.9 cm³/mol. The van der Waals surface area contributed by atoms with Crippen LogP contribution in [-0.4, -0.2) is 14.5 Å². The van der Waals surface area contributed by atoms with Gasteiger partial charge in [-0.15, -0.1) is 0 Å². The van der Waals surface area contributed by atoms with Crippen LogP contribution in [0.4, 0.5) is 0 Å². The van der Waals surface area contributed by atoms with Crippen molar-refractivity contribution in [2.45, 2.75) is 43.6 Å². The van der Waals surface area contributed by atoms with Gasteiger partial charge in [0.1, 0.15) is 10.00 Å². The van der Waals surface area contributed by atoms with E-state index in [1.165, 1.54) is 0 Å². The van der Waals surface area contributed by atoms with E-state index in [2.05, 4.69) is 20.8 Å². The van der Waals surface area contributed by atoms with Crippen LogP contribution >= 0.6 is 0 Å². The summed E-state index contributed by atoms with van der Waals surface area (Å²) in [7, 11) is 0. The van der Waals surface area contributed by atoms with Gasteiger partial charge in [0.05, 0.1) is 0 Å². The maximum absolute atomic E-state index is 11.3. The van der Waals surface area contributed by atoms with Crippen LogP contribution in [-0.2, 0) is 11.2 Å². The molecule has 1 aliphatic rings. The minimum Gasteiger partial charge on any atom is -0.616 e. The molecule has 9 heavy (non-hydrogen) atoms. The lowest BCUT2D eigenvalue weighted by molar-refractivity contribution is 0.557. The molecule has 1 aliphatic heterocycles. The first kappa shape index (κ1) is 7.42. The van der Waals surface area contributed by atoms with Crippen molar-refractivity contribution in [3.05, 3.63) is 0 Å². The smallest absolute Gasteiger partial charge is 0.120 e. The Morgan fingerprint density at radius 1 is 1.56 bits per heavy atom. The monoisotopic (exact) mass is 146 g/mol. The average molecular weight is 146 g/mol. The molecule has 0 spiro atoms. The highest BCUT2D eigenvalue weighted by Crippen LogP contribution is 2.35. The van der Waals surface area contributed by atoms with E-state index < -0.39 is 11.2 Å². The van der Waals surface area contributed by atoms with Crippen LogP contribution in [0.2, 0.25) is 0 Å². The van der Waals surface area contributed by atoms with E-state index in [1.54, 1.807) is 0 Å². The van der Waals surface area contributed by atoms with Crippen LogP contribution in [0.15, 0.2) is 0 Å². The summed E-state index contributed by atoms with van der Waals surface area (Å²) in [6, 6.07) is 0. The minimum absolute atomic E-state index is 0.0966. The van der Waals surface area contributed by atoms with Crippen LogP contribution < -0.4 is 0 Å². The lowest BCUT2D eigenvalue weighted by Crippen LogP contribution is -2.29.